The highest BCUT2D eigenvalue weighted by atomic mass is 16.5. The third-order valence-electron chi connectivity index (χ3n) is 4.13. The van der Waals surface area contributed by atoms with Crippen molar-refractivity contribution in [2.75, 3.05) is 18.4 Å². The van der Waals surface area contributed by atoms with Crippen molar-refractivity contribution in [1.82, 2.24) is 4.90 Å². The van der Waals surface area contributed by atoms with Gasteiger partial charge in [0.15, 0.2) is 0 Å². The summed E-state index contributed by atoms with van der Waals surface area (Å²) in [7, 11) is 0. The van der Waals surface area contributed by atoms with Gasteiger partial charge in [0.05, 0.1) is 12.2 Å². The second-order valence-electron chi connectivity index (χ2n) is 6.36. The van der Waals surface area contributed by atoms with Gasteiger partial charge in [-0.25, -0.2) is 0 Å². The lowest BCUT2D eigenvalue weighted by Gasteiger charge is -2.35. The zero-order valence-corrected chi connectivity index (χ0v) is 14.4. The molecule has 25 heavy (non-hydrogen) atoms. The summed E-state index contributed by atoms with van der Waals surface area (Å²) in [5.41, 5.74) is 1.87. The SMILES string of the molecule is CC1CN(C(=O)c2ccc(NC(=O)c3ccccc3)cc2)CC(C)O1. The smallest absolute Gasteiger partial charge is 0.255 e. The van der Waals surface area contributed by atoms with Crippen molar-refractivity contribution in [1.29, 1.82) is 0 Å². The first-order valence-corrected chi connectivity index (χ1v) is 8.44. The normalized spacial score (nSPS) is 20.2. The average Bonchev–Trinajstić information content (AvgIpc) is 2.61. The Hall–Kier alpha value is -2.66. The van der Waals surface area contributed by atoms with Crippen LogP contribution in [0.15, 0.2) is 54.6 Å². The van der Waals surface area contributed by atoms with Crippen molar-refractivity contribution < 1.29 is 14.3 Å². The highest BCUT2D eigenvalue weighted by Gasteiger charge is 2.26. The molecule has 2 aromatic rings. The lowest BCUT2D eigenvalue weighted by molar-refractivity contribution is -0.0586. The molecule has 2 atom stereocenters. The van der Waals surface area contributed by atoms with Gasteiger partial charge in [0.1, 0.15) is 0 Å². The van der Waals surface area contributed by atoms with Crippen LogP contribution in [0.2, 0.25) is 0 Å². The Kier molecular flexibility index (Phi) is 5.14. The Bertz CT molecular complexity index is 733. The van der Waals surface area contributed by atoms with Crippen molar-refractivity contribution in [3.8, 4) is 0 Å². The van der Waals surface area contributed by atoms with Crippen LogP contribution in [-0.2, 0) is 4.74 Å². The molecule has 5 nitrogen and oxygen atoms in total. The van der Waals surface area contributed by atoms with Gasteiger partial charge >= 0.3 is 0 Å². The molecule has 2 unspecified atom stereocenters. The monoisotopic (exact) mass is 338 g/mol. The van der Waals surface area contributed by atoms with Gasteiger partial charge in [0, 0.05) is 29.9 Å². The molecule has 0 spiro atoms. The van der Waals surface area contributed by atoms with E-state index in [9.17, 15) is 9.59 Å². The number of carbonyl (C=O) groups excluding carboxylic acids is 2. The molecule has 2 aromatic carbocycles. The van der Waals surface area contributed by atoms with Crippen LogP contribution in [0, 0.1) is 0 Å². The maximum Gasteiger partial charge on any atom is 0.255 e. The highest BCUT2D eigenvalue weighted by Crippen LogP contribution is 2.17. The fourth-order valence-corrected chi connectivity index (χ4v) is 3.02. The first kappa shape index (κ1) is 17.2. The van der Waals surface area contributed by atoms with Gasteiger partial charge in [-0.15, -0.1) is 0 Å². The third-order valence-corrected chi connectivity index (χ3v) is 4.13. The summed E-state index contributed by atoms with van der Waals surface area (Å²) in [6.07, 6.45) is 0.0780. The molecule has 1 aliphatic rings. The largest absolute Gasteiger partial charge is 0.372 e. The number of carbonyl (C=O) groups is 2. The van der Waals surface area contributed by atoms with E-state index < -0.39 is 0 Å². The van der Waals surface area contributed by atoms with Gasteiger partial charge in [0.2, 0.25) is 0 Å². The zero-order valence-electron chi connectivity index (χ0n) is 14.4. The molecule has 0 bridgehead atoms. The number of morpholine rings is 1. The van der Waals surface area contributed by atoms with E-state index in [1.807, 2.05) is 36.9 Å². The van der Waals surface area contributed by atoms with Crippen LogP contribution in [0.1, 0.15) is 34.6 Å². The number of ether oxygens (including phenoxy) is 1. The number of hydrogen-bond acceptors (Lipinski definition) is 3. The number of nitrogens with zero attached hydrogens (tertiary/aromatic N) is 1. The molecule has 2 amide bonds. The van der Waals surface area contributed by atoms with Crippen LogP contribution in [-0.4, -0.2) is 42.0 Å². The number of amides is 2. The summed E-state index contributed by atoms with van der Waals surface area (Å²) in [5.74, 6) is -0.182. The first-order valence-electron chi connectivity index (χ1n) is 8.44. The zero-order chi connectivity index (χ0) is 17.8. The Morgan fingerprint density at radius 2 is 1.52 bits per heavy atom. The van der Waals surface area contributed by atoms with Crippen LogP contribution in [0.3, 0.4) is 0 Å². The molecule has 1 aliphatic heterocycles. The number of benzene rings is 2. The van der Waals surface area contributed by atoms with Crippen LogP contribution >= 0.6 is 0 Å². The first-order chi connectivity index (χ1) is 12.0. The number of nitrogens with one attached hydrogen (secondary N) is 1. The Morgan fingerprint density at radius 3 is 2.12 bits per heavy atom. The number of rotatable bonds is 3. The minimum absolute atomic E-state index is 0.0112. The molecule has 0 aromatic heterocycles. The van der Waals surface area contributed by atoms with Gasteiger partial charge in [0.25, 0.3) is 11.8 Å². The molecule has 3 rings (SSSR count). The van der Waals surface area contributed by atoms with Crippen LogP contribution in [0.5, 0.6) is 0 Å². The van der Waals surface area contributed by atoms with Gasteiger partial charge in [-0.1, -0.05) is 18.2 Å². The van der Waals surface area contributed by atoms with E-state index in [2.05, 4.69) is 5.32 Å². The molecular formula is C20H22N2O3. The fraction of sp³-hybridized carbons (Fsp3) is 0.300. The Morgan fingerprint density at radius 1 is 0.920 bits per heavy atom. The Balaban J connectivity index is 1.66. The van der Waals surface area contributed by atoms with E-state index in [0.717, 1.165) is 0 Å². The molecule has 0 radical (unpaired) electrons. The van der Waals surface area contributed by atoms with Crippen molar-refractivity contribution >= 4 is 17.5 Å². The summed E-state index contributed by atoms with van der Waals surface area (Å²) < 4.78 is 5.67. The predicted octanol–water partition coefficient (Wildman–Crippen LogP) is 3.19. The van der Waals surface area contributed by atoms with E-state index in [-0.39, 0.29) is 24.0 Å². The predicted molar refractivity (Wildman–Crippen MR) is 96.7 cm³/mol. The number of anilines is 1. The summed E-state index contributed by atoms with van der Waals surface area (Å²) in [6, 6.07) is 16.0. The summed E-state index contributed by atoms with van der Waals surface area (Å²) >= 11 is 0. The lowest BCUT2D eigenvalue weighted by atomic mass is 10.1. The standard InChI is InChI=1S/C20H22N2O3/c1-14-12-22(13-15(2)25-14)20(24)17-8-10-18(11-9-17)21-19(23)16-6-4-3-5-7-16/h3-11,14-15H,12-13H2,1-2H3,(H,21,23). The van der Waals surface area contributed by atoms with E-state index in [1.54, 1.807) is 36.4 Å². The molecule has 0 saturated carbocycles. The maximum absolute atomic E-state index is 12.6. The molecule has 0 aliphatic carbocycles. The van der Waals surface area contributed by atoms with Crippen molar-refractivity contribution in [2.24, 2.45) is 0 Å². The van der Waals surface area contributed by atoms with Crippen molar-refractivity contribution in [3.05, 3.63) is 65.7 Å². The molecule has 1 N–H and O–H groups in total. The summed E-state index contributed by atoms with van der Waals surface area (Å²) in [6.45, 7) is 5.13. The molecule has 5 heteroatoms. The van der Waals surface area contributed by atoms with Gasteiger partial charge in [-0.3, -0.25) is 9.59 Å². The molecule has 1 saturated heterocycles. The maximum atomic E-state index is 12.6. The summed E-state index contributed by atoms with van der Waals surface area (Å²) in [5, 5.41) is 2.83. The van der Waals surface area contributed by atoms with E-state index in [4.69, 9.17) is 4.74 Å². The van der Waals surface area contributed by atoms with Crippen LogP contribution < -0.4 is 5.32 Å². The van der Waals surface area contributed by atoms with Crippen molar-refractivity contribution in [3.63, 3.8) is 0 Å². The second-order valence-corrected chi connectivity index (χ2v) is 6.36. The highest BCUT2D eigenvalue weighted by molar-refractivity contribution is 6.04. The molecule has 130 valence electrons. The van der Waals surface area contributed by atoms with Gasteiger partial charge in [-0.05, 0) is 50.2 Å². The topological polar surface area (TPSA) is 58.6 Å². The second kappa shape index (κ2) is 7.49. The third kappa shape index (κ3) is 4.25. The average molecular weight is 338 g/mol. The van der Waals surface area contributed by atoms with E-state index in [1.165, 1.54) is 0 Å². The number of hydrogen-bond donors (Lipinski definition) is 1. The molecular weight excluding hydrogens is 316 g/mol. The van der Waals surface area contributed by atoms with E-state index >= 15 is 0 Å². The van der Waals surface area contributed by atoms with E-state index in [0.29, 0.717) is 29.9 Å². The summed E-state index contributed by atoms with van der Waals surface area (Å²) in [4.78, 5) is 26.6. The van der Waals surface area contributed by atoms with Gasteiger partial charge < -0.3 is 15.0 Å². The lowest BCUT2D eigenvalue weighted by Crippen LogP contribution is -2.48. The molecule has 1 fully saturated rings. The van der Waals surface area contributed by atoms with Crippen LogP contribution in [0.4, 0.5) is 5.69 Å². The minimum Gasteiger partial charge on any atom is -0.372 e. The minimum atomic E-state index is -0.171. The fourth-order valence-electron chi connectivity index (χ4n) is 3.02. The van der Waals surface area contributed by atoms with Crippen LogP contribution in [0.25, 0.3) is 0 Å². The molecule has 1 heterocycles. The quantitative estimate of drug-likeness (QED) is 0.935. The Labute approximate surface area is 147 Å². The van der Waals surface area contributed by atoms with Gasteiger partial charge in [-0.2, -0.15) is 0 Å². The van der Waals surface area contributed by atoms with Crippen molar-refractivity contribution in [2.45, 2.75) is 26.1 Å².